The fourth-order valence-electron chi connectivity index (χ4n) is 2.90. The maximum atomic E-state index is 11.5. The molecule has 8 nitrogen and oxygen atoms in total. The van der Waals surface area contributed by atoms with Crippen molar-refractivity contribution in [3.63, 3.8) is 0 Å². The van der Waals surface area contributed by atoms with E-state index in [0.717, 1.165) is 15.6 Å². The first-order chi connectivity index (χ1) is 13.2. The van der Waals surface area contributed by atoms with Crippen LogP contribution in [-0.2, 0) is 10.3 Å². The molecular formula is C17H21N5O3S3. The van der Waals surface area contributed by atoms with Gasteiger partial charge in [-0.15, -0.1) is 16.8 Å². The zero-order chi connectivity index (χ0) is 20.4. The molecule has 1 aliphatic rings. The van der Waals surface area contributed by atoms with Gasteiger partial charge in [-0.2, -0.15) is 13.1 Å². The summed E-state index contributed by atoms with van der Waals surface area (Å²) in [4.78, 5) is 4.81. The summed E-state index contributed by atoms with van der Waals surface area (Å²) in [5, 5.41) is 13.2. The van der Waals surface area contributed by atoms with E-state index in [0.29, 0.717) is 11.7 Å². The van der Waals surface area contributed by atoms with E-state index >= 15 is 0 Å². The molecule has 1 aromatic carbocycles. The Bertz CT molecular complexity index is 977. The van der Waals surface area contributed by atoms with Crippen molar-refractivity contribution in [2.45, 2.75) is 30.7 Å². The Kier molecular flexibility index (Phi) is 6.20. The average molecular weight is 440 g/mol. The first-order valence-electron chi connectivity index (χ1n) is 8.44. The molecule has 150 valence electrons. The number of hydrogen-bond donors (Lipinski definition) is 3. The molecule has 0 fully saturated rings. The highest BCUT2D eigenvalue weighted by Gasteiger charge is 2.44. The number of benzene rings is 1. The smallest absolute Gasteiger partial charge is 0.334 e. The molecule has 11 heteroatoms. The van der Waals surface area contributed by atoms with Gasteiger partial charge in [0, 0.05) is 12.1 Å². The van der Waals surface area contributed by atoms with Gasteiger partial charge in [0.25, 0.3) is 0 Å². The van der Waals surface area contributed by atoms with Crippen LogP contribution in [-0.4, -0.2) is 51.6 Å². The summed E-state index contributed by atoms with van der Waals surface area (Å²) in [7, 11) is -4.43. The monoisotopic (exact) mass is 439 g/mol. The molecule has 0 radical (unpaired) electrons. The van der Waals surface area contributed by atoms with E-state index in [-0.39, 0.29) is 11.3 Å². The lowest BCUT2D eigenvalue weighted by molar-refractivity contribution is 0.407. The van der Waals surface area contributed by atoms with Crippen LogP contribution in [0.3, 0.4) is 0 Å². The Hall–Kier alpha value is -1.79. The third kappa shape index (κ3) is 4.97. The molecule has 3 N–H and O–H groups in total. The summed E-state index contributed by atoms with van der Waals surface area (Å²) in [6, 6.07) is 9.38. The van der Waals surface area contributed by atoms with E-state index in [9.17, 15) is 13.0 Å². The van der Waals surface area contributed by atoms with Crippen molar-refractivity contribution in [3.8, 4) is 0 Å². The van der Waals surface area contributed by atoms with Gasteiger partial charge in [-0.05, 0) is 13.8 Å². The lowest BCUT2D eigenvalue weighted by Gasteiger charge is -2.34. The minimum Gasteiger partial charge on any atom is -0.358 e. The van der Waals surface area contributed by atoms with Crippen molar-refractivity contribution in [1.82, 2.24) is 14.9 Å². The quantitative estimate of drug-likeness (QED) is 0.427. The fourth-order valence-corrected chi connectivity index (χ4v) is 5.76. The van der Waals surface area contributed by atoms with Gasteiger partial charge in [0.2, 0.25) is 5.13 Å². The van der Waals surface area contributed by atoms with Gasteiger partial charge < -0.3 is 5.32 Å². The molecule has 1 aromatic heterocycles. The van der Waals surface area contributed by atoms with Crippen LogP contribution >= 0.6 is 23.1 Å². The molecule has 0 saturated carbocycles. The largest absolute Gasteiger partial charge is 0.358 e. The van der Waals surface area contributed by atoms with E-state index in [1.54, 1.807) is 6.92 Å². The predicted octanol–water partition coefficient (Wildman–Crippen LogP) is 2.53. The lowest BCUT2D eigenvalue weighted by Crippen LogP contribution is -2.55. The number of aryl methyl sites for hydroxylation is 1. The second-order valence-corrected chi connectivity index (χ2v) is 9.94. The van der Waals surface area contributed by atoms with Crippen LogP contribution in [0.5, 0.6) is 0 Å². The number of thioether (sulfide) groups is 1. The highest BCUT2D eigenvalue weighted by atomic mass is 32.2. The summed E-state index contributed by atoms with van der Waals surface area (Å²) < 4.78 is 34.7. The van der Waals surface area contributed by atoms with Crippen LogP contribution in [0.2, 0.25) is 0 Å². The van der Waals surface area contributed by atoms with Crippen LogP contribution in [0, 0.1) is 6.92 Å². The van der Waals surface area contributed by atoms with Crippen molar-refractivity contribution in [2.75, 3.05) is 11.9 Å². The van der Waals surface area contributed by atoms with E-state index in [1.165, 1.54) is 29.2 Å². The number of rotatable bonds is 8. The Morgan fingerprint density at radius 3 is 2.61 bits per heavy atom. The Morgan fingerprint density at radius 1 is 1.32 bits per heavy atom. The number of anilines is 1. The second kappa shape index (κ2) is 8.29. The van der Waals surface area contributed by atoms with Crippen LogP contribution in [0.15, 0.2) is 48.0 Å². The molecule has 3 atom stereocenters. The van der Waals surface area contributed by atoms with E-state index in [4.69, 9.17) is 4.99 Å². The van der Waals surface area contributed by atoms with Gasteiger partial charge in [-0.3, -0.25) is 9.55 Å². The van der Waals surface area contributed by atoms with Crippen LogP contribution in [0.1, 0.15) is 17.5 Å². The minimum atomic E-state index is -4.43. The van der Waals surface area contributed by atoms with Crippen molar-refractivity contribution in [1.29, 1.82) is 0 Å². The van der Waals surface area contributed by atoms with Gasteiger partial charge >= 0.3 is 10.3 Å². The molecule has 2 heterocycles. The molecule has 2 aromatic rings. The molecule has 0 saturated heterocycles. The molecule has 2 unspecified atom stereocenters. The van der Waals surface area contributed by atoms with Gasteiger partial charge in [0.15, 0.2) is 0 Å². The van der Waals surface area contributed by atoms with Crippen LogP contribution < -0.4 is 10.0 Å². The summed E-state index contributed by atoms with van der Waals surface area (Å²) in [6.45, 7) is 7.75. The molecule has 0 spiro atoms. The molecule has 1 aliphatic heterocycles. The number of nitrogens with one attached hydrogen (secondary N) is 2. The van der Waals surface area contributed by atoms with E-state index < -0.39 is 15.8 Å². The van der Waals surface area contributed by atoms with Gasteiger partial charge in [-0.25, -0.2) is 0 Å². The molecule has 3 rings (SSSR count). The summed E-state index contributed by atoms with van der Waals surface area (Å²) in [6.07, 6.45) is 1.49. The zero-order valence-corrected chi connectivity index (χ0v) is 17.8. The zero-order valence-electron chi connectivity index (χ0n) is 15.4. The molecule has 28 heavy (non-hydrogen) atoms. The maximum absolute atomic E-state index is 11.5. The number of nitrogens with zero attached hydrogens (tertiary/aromatic N) is 3. The van der Waals surface area contributed by atoms with Crippen molar-refractivity contribution >= 4 is 43.6 Å². The molecular weight excluding hydrogens is 418 g/mol. The summed E-state index contributed by atoms with van der Waals surface area (Å²) in [5.41, 5.74) is -0.160. The lowest BCUT2D eigenvalue weighted by atomic mass is 9.93. The first kappa shape index (κ1) is 20.9. The maximum Gasteiger partial charge on any atom is 0.334 e. The average Bonchev–Trinajstić information content (AvgIpc) is 3.26. The summed E-state index contributed by atoms with van der Waals surface area (Å²) in [5.74, 6) is 0. The van der Waals surface area contributed by atoms with Crippen LogP contribution in [0.4, 0.5) is 5.13 Å². The number of aromatic nitrogens is 2. The molecule has 0 amide bonds. The molecule has 0 aliphatic carbocycles. The fraction of sp³-hybridized carbons (Fsp3) is 0.353. The third-order valence-electron chi connectivity index (χ3n) is 4.24. The number of aliphatic imine (C=N–C) groups is 1. The first-order valence-corrected chi connectivity index (χ1v) is 11.6. The minimum absolute atomic E-state index is 0.290. The summed E-state index contributed by atoms with van der Waals surface area (Å²) >= 11 is 2.88. The molecule has 0 bridgehead atoms. The number of hydrogen-bond acceptors (Lipinski definition) is 8. The van der Waals surface area contributed by atoms with Crippen molar-refractivity contribution < 1.29 is 13.0 Å². The van der Waals surface area contributed by atoms with Gasteiger partial charge in [0.05, 0.1) is 21.9 Å². The topological polar surface area (TPSA) is 117 Å². The van der Waals surface area contributed by atoms with Crippen LogP contribution in [0.25, 0.3) is 0 Å². The predicted molar refractivity (Wildman–Crippen MR) is 115 cm³/mol. The normalized spacial score (nSPS) is 21.8. The van der Waals surface area contributed by atoms with E-state index in [2.05, 4.69) is 26.8 Å². The van der Waals surface area contributed by atoms with Crippen molar-refractivity contribution in [3.05, 3.63) is 53.6 Å². The Morgan fingerprint density at radius 2 is 2.04 bits per heavy atom. The Labute approximate surface area is 172 Å². The second-order valence-electron chi connectivity index (χ2n) is 6.48. The third-order valence-corrected chi connectivity index (χ3v) is 7.36. The highest BCUT2D eigenvalue weighted by molar-refractivity contribution is 8.15. The van der Waals surface area contributed by atoms with E-state index in [1.807, 2.05) is 37.3 Å². The highest BCUT2D eigenvalue weighted by Crippen LogP contribution is 2.38. The Balaban J connectivity index is 1.88. The van der Waals surface area contributed by atoms with Crippen molar-refractivity contribution in [2.24, 2.45) is 4.99 Å². The standard InChI is InChI=1S/C17H21N5O3S3/c1-4-17(3,22-28(23,24)25)14-13(10-18-16-21-20-11(2)26-16)19-15(27-14)12-8-6-5-7-9-12/h4-9,13-14,22H,1,10H2,2-3H3,(H,18,21)(H,23,24,25)/t13?,14-,17?/m1/s1. The SMILES string of the molecule is C=CC(C)(NS(=O)(=O)O)[C@@H]1SC(c2ccccc2)=NC1CNc1nnc(C)s1. The van der Waals surface area contributed by atoms with Gasteiger partial charge in [0.1, 0.15) is 5.01 Å². The van der Waals surface area contributed by atoms with Gasteiger partial charge in [-0.1, -0.05) is 59.5 Å².